The van der Waals surface area contributed by atoms with Crippen molar-refractivity contribution >= 4 is 80.6 Å². The molecule has 1 aliphatic heterocycles. The summed E-state index contributed by atoms with van der Waals surface area (Å²) in [7, 11) is 0. The number of nitrogens with one attached hydrogen (secondary N) is 1. The van der Waals surface area contributed by atoms with Crippen LogP contribution in [-0.4, -0.2) is 46.7 Å². The largest absolute Gasteiger partial charge is 0.506 e. The van der Waals surface area contributed by atoms with Crippen LogP contribution in [0.3, 0.4) is 0 Å². The molecular weight excluding hydrogens is 808 g/mol. The lowest BCUT2D eigenvalue weighted by Crippen LogP contribution is -2.37. The maximum absolute atomic E-state index is 13.7. The molecule has 0 bridgehead atoms. The van der Waals surface area contributed by atoms with E-state index in [2.05, 4.69) is 22.4 Å². The molecule has 9 nitrogen and oxygen atoms in total. The van der Waals surface area contributed by atoms with E-state index in [0.717, 1.165) is 45.5 Å². The first-order valence-corrected chi connectivity index (χ1v) is 23.9. The zero-order valence-corrected chi connectivity index (χ0v) is 36.6. The first kappa shape index (κ1) is 43.6. The number of nitrogens with zero attached hydrogens (tertiary/aromatic N) is 3. The first-order valence-electron chi connectivity index (χ1n) is 20.4. The molecule has 0 saturated heterocycles. The molecule has 0 aliphatic carbocycles. The fourth-order valence-corrected chi connectivity index (χ4v) is 9.83. The maximum Gasteiger partial charge on any atom is 0.419 e. The van der Waals surface area contributed by atoms with Crippen LogP contribution in [0.1, 0.15) is 112 Å². The molecule has 0 fully saturated rings. The molecular formula is C45H53ClN4O5S3. The summed E-state index contributed by atoms with van der Waals surface area (Å²) < 4.78 is 13.8. The van der Waals surface area contributed by atoms with Gasteiger partial charge in [-0.1, -0.05) is 160 Å². The van der Waals surface area contributed by atoms with Crippen LogP contribution in [0.4, 0.5) is 16.2 Å². The van der Waals surface area contributed by atoms with E-state index in [9.17, 15) is 14.7 Å². The number of benzene rings is 4. The standard InChI is InChI=1S/C45H53ClN4O5S3/c1-3-4-5-6-7-8-9-10-11-12-13-16-28-54-39-20-15-14-19-37(39)47-42(52)35-25-24-33-34(41(35)51)23-22-32-18-17-27-50(40(32)33)45(53)55-38-26-21-31(29-36(38)46)30-57-44-49-48-43(56-2)58-44/h14-15,19-26,29,51H,3-13,16-18,27-28,30H2,1-2H3,(H,47,52). The van der Waals surface area contributed by atoms with Gasteiger partial charge >= 0.3 is 6.09 Å². The van der Waals surface area contributed by atoms with Gasteiger partial charge in [-0.2, -0.15) is 0 Å². The molecule has 0 spiro atoms. The predicted octanol–water partition coefficient (Wildman–Crippen LogP) is 13.3. The molecule has 0 unspecified atom stereocenters. The Morgan fingerprint density at radius 1 is 0.862 bits per heavy atom. The summed E-state index contributed by atoms with van der Waals surface area (Å²) in [4.78, 5) is 29.0. The minimum atomic E-state index is -0.572. The summed E-state index contributed by atoms with van der Waals surface area (Å²) >= 11 is 11.3. The summed E-state index contributed by atoms with van der Waals surface area (Å²) in [5.41, 5.74) is 3.22. The Kier molecular flexibility index (Phi) is 16.9. The number of fused-ring (bicyclic) bond motifs is 3. The van der Waals surface area contributed by atoms with Crippen LogP contribution in [0.25, 0.3) is 10.8 Å². The molecule has 1 aliphatic rings. The van der Waals surface area contributed by atoms with Gasteiger partial charge < -0.3 is 19.9 Å². The van der Waals surface area contributed by atoms with Crippen molar-refractivity contribution in [1.29, 1.82) is 0 Å². The van der Waals surface area contributed by atoms with E-state index in [1.54, 1.807) is 76.2 Å². The number of thioether (sulfide) groups is 2. The maximum atomic E-state index is 13.7. The van der Waals surface area contributed by atoms with Gasteiger partial charge in [-0.15, -0.1) is 10.2 Å². The number of aromatic nitrogens is 2. The molecule has 6 rings (SSSR count). The Morgan fingerprint density at radius 3 is 2.29 bits per heavy atom. The number of aromatic hydroxyl groups is 1. The molecule has 2 N–H and O–H groups in total. The second-order valence-electron chi connectivity index (χ2n) is 14.5. The minimum Gasteiger partial charge on any atom is -0.506 e. The van der Waals surface area contributed by atoms with Gasteiger partial charge in [0.15, 0.2) is 14.4 Å². The number of halogens is 1. The number of rotatable bonds is 21. The fourth-order valence-electron chi connectivity index (χ4n) is 7.20. The number of aryl methyl sites for hydroxylation is 1. The van der Waals surface area contributed by atoms with Crippen molar-refractivity contribution in [2.24, 2.45) is 0 Å². The molecule has 58 heavy (non-hydrogen) atoms. The Balaban J connectivity index is 1.04. The highest BCUT2D eigenvalue weighted by Gasteiger charge is 2.28. The van der Waals surface area contributed by atoms with Crippen LogP contribution in [-0.2, 0) is 12.2 Å². The van der Waals surface area contributed by atoms with Crippen molar-refractivity contribution in [3.63, 3.8) is 0 Å². The summed E-state index contributed by atoms with van der Waals surface area (Å²) in [6.45, 7) is 3.25. The van der Waals surface area contributed by atoms with Crippen molar-refractivity contribution in [2.45, 2.75) is 111 Å². The highest BCUT2D eigenvalue weighted by atomic mass is 35.5. The Hall–Kier alpha value is -3.97. The first-order chi connectivity index (χ1) is 28.4. The molecule has 0 saturated carbocycles. The van der Waals surface area contributed by atoms with Gasteiger partial charge in [-0.05, 0) is 67.0 Å². The van der Waals surface area contributed by atoms with E-state index in [-0.39, 0.29) is 17.1 Å². The topological polar surface area (TPSA) is 114 Å². The van der Waals surface area contributed by atoms with E-state index >= 15 is 0 Å². The molecule has 0 radical (unpaired) electrons. The number of anilines is 2. The molecule has 4 aromatic carbocycles. The second-order valence-corrected chi connectivity index (χ2v) is 18.2. The number of carbonyl (C=O) groups excluding carboxylic acids is 2. The molecule has 1 aromatic heterocycles. The van der Waals surface area contributed by atoms with Crippen molar-refractivity contribution in [3.8, 4) is 17.2 Å². The number of amides is 2. The van der Waals surface area contributed by atoms with Gasteiger partial charge in [0, 0.05) is 23.1 Å². The molecule has 5 aromatic rings. The minimum absolute atomic E-state index is 0.119. The summed E-state index contributed by atoms with van der Waals surface area (Å²) in [5, 5.41) is 24.2. The van der Waals surface area contributed by atoms with E-state index in [4.69, 9.17) is 21.1 Å². The molecule has 2 amide bonds. The zero-order valence-electron chi connectivity index (χ0n) is 33.4. The van der Waals surface area contributed by atoms with Gasteiger partial charge in [0.25, 0.3) is 5.91 Å². The quantitative estimate of drug-likeness (QED) is 0.0550. The SMILES string of the molecule is CCCCCCCCCCCCCCOc1ccccc1NC(=O)c1ccc2c3c(ccc2c1O)CCCN3C(=O)Oc1ccc(CSc2nnc(SC)s2)cc1Cl. The van der Waals surface area contributed by atoms with Crippen LogP contribution in [0, 0.1) is 0 Å². The number of hydrogen-bond donors (Lipinski definition) is 2. The lowest BCUT2D eigenvalue weighted by Gasteiger charge is -2.30. The van der Waals surface area contributed by atoms with Crippen LogP contribution < -0.4 is 19.7 Å². The smallest absolute Gasteiger partial charge is 0.419 e. The monoisotopic (exact) mass is 860 g/mol. The number of para-hydroxylation sites is 2. The highest BCUT2D eigenvalue weighted by Crippen LogP contribution is 2.41. The number of unbranched alkanes of at least 4 members (excludes halogenated alkanes) is 11. The number of phenolic OH excluding ortho intramolecular Hbond substituents is 1. The van der Waals surface area contributed by atoms with Crippen molar-refractivity contribution in [2.75, 3.05) is 29.6 Å². The normalized spacial score (nSPS) is 12.4. The Bertz CT molecular complexity index is 2150. The van der Waals surface area contributed by atoms with Gasteiger partial charge in [0.2, 0.25) is 0 Å². The molecule has 308 valence electrons. The summed E-state index contributed by atoms with van der Waals surface area (Å²) in [6, 6.07) is 19.8. The van der Waals surface area contributed by atoms with E-state index in [1.165, 1.54) is 64.2 Å². The van der Waals surface area contributed by atoms with E-state index < -0.39 is 12.0 Å². The van der Waals surface area contributed by atoms with Gasteiger partial charge in [0.1, 0.15) is 11.5 Å². The third kappa shape index (κ3) is 11.8. The molecule has 0 atom stereocenters. The van der Waals surface area contributed by atoms with E-state index in [1.807, 2.05) is 36.6 Å². The van der Waals surface area contributed by atoms with Gasteiger partial charge in [-0.3, -0.25) is 9.69 Å². The number of hydrogen-bond acceptors (Lipinski definition) is 10. The van der Waals surface area contributed by atoms with Crippen LogP contribution in [0.2, 0.25) is 5.02 Å². The zero-order chi connectivity index (χ0) is 40.7. The number of phenols is 1. The lowest BCUT2D eigenvalue weighted by molar-refractivity contribution is 0.102. The number of ether oxygens (including phenoxy) is 2. The fraction of sp³-hybridized carbons (Fsp3) is 0.422. The lowest BCUT2D eigenvalue weighted by atomic mass is 9.94. The van der Waals surface area contributed by atoms with Crippen molar-refractivity contribution in [1.82, 2.24) is 10.2 Å². The van der Waals surface area contributed by atoms with Crippen LogP contribution in [0.15, 0.2) is 75.4 Å². The molecule has 2 heterocycles. The number of carbonyl (C=O) groups is 2. The average Bonchev–Trinajstić information content (AvgIpc) is 3.71. The van der Waals surface area contributed by atoms with Crippen LogP contribution >= 0.6 is 46.5 Å². The second kappa shape index (κ2) is 22.4. The third-order valence-corrected chi connectivity index (χ3v) is 13.7. The van der Waals surface area contributed by atoms with Crippen molar-refractivity contribution in [3.05, 3.63) is 88.4 Å². The van der Waals surface area contributed by atoms with E-state index in [0.29, 0.717) is 51.8 Å². The predicted molar refractivity (Wildman–Crippen MR) is 241 cm³/mol. The highest BCUT2D eigenvalue weighted by molar-refractivity contribution is 8.02. The summed E-state index contributed by atoms with van der Waals surface area (Å²) in [6.07, 6.45) is 18.2. The average molecular weight is 862 g/mol. The third-order valence-electron chi connectivity index (χ3n) is 10.3. The Labute approximate surface area is 359 Å². The van der Waals surface area contributed by atoms with Crippen LogP contribution in [0.5, 0.6) is 17.2 Å². The van der Waals surface area contributed by atoms with Gasteiger partial charge in [-0.25, -0.2) is 4.79 Å². The van der Waals surface area contributed by atoms with Gasteiger partial charge in [0.05, 0.1) is 28.6 Å². The van der Waals surface area contributed by atoms with Crippen molar-refractivity contribution < 1.29 is 24.2 Å². The summed E-state index contributed by atoms with van der Waals surface area (Å²) in [5.74, 6) is 0.870. The Morgan fingerprint density at radius 2 is 1.57 bits per heavy atom. The molecule has 13 heteroatoms.